The fraction of sp³-hybridized carbons (Fsp3) is 0.0909. The second-order valence-electron chi connectivity index (χ2n) is 13.5. The van der Waals surface area contributed by atoms with Gasteiger partial charge in [-0.2, -0.15) is 0 Å². The lowest BCUT2D eigenvalue weighted by Gasteiger charge is -2.20. The first-order chi connectivity index (χ1) is 22.5. The molecule has 2 heteroatoms. The highest BCUT2D eigenvalue weighted by molar-refractivity contribution is 6.32. The number of benzene rings is 7. The molecule has 220 valence electrons. The van der Waals surface area contributed by atoms with Gasteiger partial charge in [0, 0.05) is 33.7 Å². The number of aromatic nitrogens is 2. The van der Waals surface area contributed by atoms with Crippen molar-refractivity contribution in [2.24, 2.45) is 0 Å². The SMILES string of the molecule is CC(C)(C)c1ccc(-n2c3ccc(-c4ccc(-n5ccc6ccccc65)cc4)cc3c3c4ccccc4c4ccccc4c32)cc1. The van der Waals surface area contributed by atoms with Crippen LogP contribution in [0.3, 0.4) is 0 Å². The van der Waals surface area contributed by atoms with Gasteiger partial charge in [0.15, 0.2) is 0 Å². The predicted molar refractivity (Wildman–Crippen MR) is 197 cm³/mol. The molecule has 9 rings (SSSR count). The van der Waals surface area contributed by atoms with Crippen LogP contribution in [0.1, 0.15) is 26.3 Å². The van der Waals surface area contributed by atoms with Crippen molar-refractivity contribution in [1.82, 2.24) is 9.13 Å². The molecule has 0 aliphatic heterocycles. The highest BCUT2D eigenvalue weighted by atomic mass is 15.0. The molecule has 0 atom stereocenters. The summed E-state index contributed by atoms with van der Waals surface area (Å²) in [5.41, 5.74) is 9.92. The molecule has 0 N–H and O–H groups in total. The van der Waals surface area contributed by atoms with Crippen molar-refractivity contribution < 1.29 is 0 Å². The molecule has 2 nitrogen and oxygen atoms in total. The lowest BCUT2D eigenvalue weighted by atomic mass is 9.87. The smallest absolute Gasteiger partial charge is 0.0625 e. The lowest BCUT2D eigenvalue weighted by molar-refractivity contribution is 0.590. The average Bonchev–Trinajstić information content (AvgIpc) is 3.68. The molecule has 0 bridgehead atoms. The molecule has 9 aromatic rings. The van der Waals surface area contributed by atoms with Crippen molar-refractivity contribution in [3.8, 4) is 22.5 Å². The van der Waals surface area contributed by atoms with E-state index in [0.717, 1.165) is 0 Å². The Morgan fingerprint density at radius 1 is 0.457 bits per heavy atom. The van der Waals surface area contributed by atoms with Gasteiger partial charge in [-0.1, -0.05) is 118 Å². The van der Waals surface area contributed by atoms with E-state index < -0.39 is 0 Å². The minimum atomic E-state index is 0.0984. The fourth-order valence-electron chi connectivity index (χ4n) is 7.36. The van der Waals surface area contributed by atoms with Crippen molar-refractivity contribution in [3.63, 3.8) is 0 Å². The minimum Gasteiger partial charge on any atom is -0.317 e. The number of hydrogen-bond donors (Lipinski definition) is 0. The molecule has 46 heavy (non-hydrogen) atoms. The Hall–Kier alpha value is -5.60. The summed E-state index contributed by atoms with van der Waals surface area (Å²) in [5, 5.41) is 8.98. The van der Waals surface area contributed by atoms with E-state index in [4.69, 9.17) is 0 Å². The third kappa shape index (κ3) is 4.03. The Kier molecular flexibility index (Phi) is 5.79. The van der Waals surface area contributed by atoms with Gasteiger partial charge in [-0.3, -0.25) is 0 Å². The van der Waals surface area contributed by atoms with Crippen LogP contribution in [-0.2, 0) is 5.41 Å². The predicted octanol–water partition coefficient (Wildman–Crippen LogP) is 12.0. The van der Waals surface area contributed by atoms with Crippen LogP contribution in [0.25, 0.3) is 76.8 Å². The zero-order valence-corrected chi connectivity index (χ0v) is 26.3. The molecule has 0 unspecified atom stereocenters. The molecule has 0 spiro atoms. The van der Waals surface area contributed by atoms with Gasteiger partial charge in [-0.25, -0.2) is 0 Å². The van der Waals surface area contributed by atoms with Crippen LogP contribution < -0.4 is 0 Å². The van der Waals surface area contributed by atoms with Crippen LogP contribution in [0.2, 0.25) is 0 Å². The number of hydrogen-bond acceptors (Lipinski definition) is 0. The maximum atomic E-state index is 2.48. The van der Waals surface area contributed by atoms with E-state index in [-0.39, 0.29) is 5.41 Å². The summed E-state index contributed by atoms with van der Waals surface area (Å²) in [4.78, 5) is 0. The molecule has 0 saturated heterocycles. The highest BCUT2D eigenvalue weighted by Gasteiger charge is 2.20. The maximum absolute atomic E-state index is 2.48. The Labute approximate surface area is 268 Å². The highest BCUT2D eigenvalue weighted by Crippen LogP contribution is 2.43. The largest absolute Gasteiger partial charge is 0.317 e. The molecule has 2 aromatic heterocycles. The van der Waals surface area contributed by atoms with E-state index in [1.54, 1.807) is 0 Å². The summed E-state index contributed by atoms with van der Waals surface area (Å²) in [6.07, 6.45) is 2.16. The number of rotatable bonds is 3. The molecular formula is C44H34N2. The van der Waals surface area contributed by atoms with Crippen LogP contribution in [-0.4, -0.2) is 9.13 Å². The first-order valence-electron chi connectivity index (χ1n) is 16.1. The Morgan fingerprint density at radius 2 is 1.07 bits per heavy atom. The van der Waals surface area contributed by atoms with Gasteiger partial charge in [0.1, 0.15) is 0 Å². The van der Waals surface area contributed by atoms with Crippen molar-refractivity contribution >= 4 is 54.3 Å². The minimum absolute atomic E-state index is 0.0984. The van der Waals surface area contributed by atoms with E-state index in [0.29, 0.717) is 0 Å². The van der Waals surface area contributed by atoms with E-state index in [9.17, 15) is 0 Å². The first kappa shape index (κ1) is 26.8. The van der Waals surface area contributed by atoms with Gasteiger partial charge in [-0.15, -0.1) is 0 Å². The molecule has 0 saturated carbocycles. The average molecular weight is 591 g/mol. The topological polar surface area (TPSA) is 9.86 Å². The molecule has 0 aliphatic rings. The summed E-state index contributed by atoms with van der Waals surface area (Å²) in [7, 11) is 0. The van der Waals surface area contributed by atoms with Crippen LogP contribution >= 0.6 is 0 Å². The molecule has 0 amide bonds. The molecule has 2 heterocycles. The van der Waals surface area contributed by atoms with Gasteiger partial charge >= 0.3 is 0 Å². The van der Waals surface area contributed by atoms with Crippen LogP contribution in [0.4, 0.5) is 0 Å². The second kappa shape index (κ2) is 9.95. The van der Waals surface area contributed by atoms with Crippen molar-refractivity contribution in [3.05, 3.63) is 157 Å². The first-order valence-corrected chi connectivity index (χ1v) is 16.1. The summed E-state index contributed by atoms with van der Waals surface area (Å²) >= 11 is 0. The van der Waals surface area contributed by atoms with Gasteiger partial charge < -0.3 is 9.13 Å². The van der Waals surface area contributed by atoms with E-state index in [1.165, 1.54) is 82.3 Å². The zero-order chi connectivity index (χ0) is 31.0. The molecule has 0 radical (unpaired) electrons. The van der Waals surface area contributed by atoms with Crippen molar-refractivity contribution in [2.45, 2.75) is 26.2 Å². The van der Waals surface area contributed by atoms with Crippen LogP contribution in [0.15, 0.2) is 152 Å². The summed E-state index contributed by atoms with van der Waals surface area (Å²) in [6.45, 7) is 6.82. The fourth-order valence-corrected chi connectivity index (χ4v) is 7.36. The van der Waals surface area contributed by atoms with Gasteiger partial charge in [0.2, 0.25) is 0 Å². The van der Waals surface area contributed by atoms with Crippen molar-refractivity contribution in [1.29, 1.82) is 0 Å². The number of nitrogens with zero attached hydrogens (tertiary/aromatic N) is 2. The molecular weight excluding hydrogens is 556 g/mol. The molecule has 7 aromatic carbocycles. The molecule has 0 fully saturated rings. The Balaban J connectivity index is 1.29. The van der Waals surface area contributed by atoms with Gasteiger partial charge in [0.25, 0.3) is 0 Å². The van der Waals surface area contributed by atoms with Crippen molar-refractivity contribution in [2.75, 3.05) is 0 Å². The third-order valence-corrected chi connectivity index (χ3v) is 9.71. The zero-order valence-electron chi connectivity index (χ0n) is 26.3. The maximum Gasteiger partial charge on any atom is 0.0625 e. The Morgan fingerprint density at radius 3 is 1.80 bits per heavy atom. The standard InChI is InChI=1S/C44H34N2/c1-44(2,3)32-19-23-34(24-20-32)46-41-25-18-31(29-16-21-33(22-17-29)45-27-26-30-10-4-9-15-40(30)45)28-39(41)42-37-13-7-5-11-35(37)36-12-6-8-14-38(36)43(42)46/h4-28H,1-3H3. The summed E-state index contributed by atoms with van der Waals surface area (Å²) in [5.74, 6) is 0. The van der Waals surface area contributed by atoms with Gasteiger partial charge in [-0.05, 0) is 92.2 Å². The monoisotopic (exact) mass is 590 g/mol. The summed E-state index contributed by atoms with van der Waals surface area (Å²) < 4.78 is 4.74. The normalized spacial score (nSPS) is 12.2. The van der Waals surface area contributed by atoms with E-state index >= 15 is 0 Å². The third-order valence-electron chi connectivity index (χ3n) is 9.71. The number of para-hydroxylation sites is 1. The lowest BCUT2D eigenvalue weighted by Crippen LogP contribution is -2.10. The van der Waals surface area contributed by atoms with E-state index in [1.807, 2.05) is 0 Å². The number of fused-ring (bicyclic) bond motifs is 9. The quantitative estimate of drug-likeness (QED) is 0.181. The van der Waals surface area contributed by atoms with Crippen LogP contribution in [0, 0.1) is 0 Å². The second-order valence-corrected chi connectivity index (χ2v) is 13.5. The summed E-state index contributed by atoms with van der Waals surface area (Å²) in [6, 6.07) is 53.6. The van der Waals surface area contributed by atoms with Crippen LogP contribution in [0.5, 0.6) is 0 Å². The Bertz CT molecular complexity index is 2590. The van der Waals surface area contributed by atoms with Gasteiger partial charge in [0.05, 0.1) is 16.6 Å². The van der Waals surface area contributed by atoms with E-state index in [2.05, 4.69) is 182 Å². The molecule has 0 aliphatic carbocycles.